The van der Waals surface area contributed by atoms with Gasteiger partial charge >= 0.3 is 0 Å². The summed E-state index contributed by atoms with van der Waals surface area (Å²) in [6.45, 7) is 7.95. The molecular formula is C16H32N2. The molecule has 2 nitrogen and oxygen atoms in total. The lowest BCUT2D eigenvalue weighted by atomic mass is 9.71. The molecule has 0 atom stereocenters. The van der Waals surface area contributed by atoms with E-state index >= 15 is 0 Å². The molecular weight excluding hydrogens is 220 g/mol. The molecule has 0 spiro atoms. The third kappa shape index (κ3) is 3.48. The van der Waals surface area contributed by atoms with Gasteiger partial charge in [-0.3, -0.25) is 0 Å². The highest BCUT2D eigenvalue weighted by Gasteiger charge is 2.41. The summed E-state index contributed by atoms with van der Waals surface area (Å²) in [5.74, 6) is 0.916. The predicted octanol–water partition coefficient (Wildman–Crippen LogP) is 3.31. The van der Waals surface area contributed by atoms with Crippen LogP contribution in [0.4, 0.5) is 0 Å². The summed E-state index contributed by atoms with van der Waals surface area (Å²) >= 11 is 0. The van der Waals surface area contributed by atoms with Gasteiger partial charge in [0.1, 0.15) is 0 Å². The summed E-state index contributed by atoms with van der Waals surface area (Å²) in [6, 6.07) is 0. The van der Waals surface area contributed by atoms with E-state index in [1.807, 2.05) is 0 Å². The molecule has 0 aromatic heterocycles. The summed E-state index contributed by atoms with van der Waals surface area (Å²) in [5, 5.41) is 3.77. The molecule has 0 saturated heterocycles. The number of rotatable bonds is 7. The Morgan fingerprint density at radius 1 is 1.06 bits per heavy atom. The van der Waals surface area contributed by atoms with Crippen molar-refractivity contribution in [2.75, 3.05) is 19.6 Å². The molecule has 2 fully saturated rings. The Balaban J connectivity index is 1.74. The summed E-state index contributed by atoms with van der Waals surface area (Å²) in [6.07, 6.45) is 11.0. The topological polar surface area (TPSA) is 38.0 Å². The molecule has 0 bridgehead atoms. The van der Waals surface area contributed by atoms with Gasteiger partial charge in [0.15, 0.2) is 0 Å². The van der Waals surface area contributed by atoms with E-state index in [9.17, 15) is 0 Å². The first-order valence-electron chi connectivity index (χ1n) is 8.04. The largest absolute Gasteiger partial charge is 0.330 e. The second kappa shape index (κ2) is 5.92. The molecule has 2 aliphatic carbocycles. The standard InChI is InChI=1S/C16H32N2/c1-3-6-15(9-10-15)12-18-13-16(11-17)7-4-14(2)5-8-16/h14,18H,3-13,17H2,1-2H3. The molecule has 18 heavy (non-hydrogen) atoms. The van der Waals surface area contributed by atoms with Gasteiger partial charge in [-0.1, -0.05) is 33.1 Å². The van der Waals surface area contributed by atoms with E-state index in [0.717, 1.165) is 19.0 Å². The third-order valence-corrected chi connectivity index (χ3v) is 5.51. The Kier molecular flexibility index (Phi) is 4.71. The van der Waals surface area contributed by atoms with E-state index in [1.165, 1.54) is 57.9 Å². The molecule has 0 amide bonds. The maximum Gasteiger partial charge on any atom is 0.00201 e. The molecule has 0 heterocycles. The fourth-order valence-electron chi connectivity index (χ4n) is 3.64. The highest BCUT2D eigenvalue weighted by atomic mass is 14.9. The average Bonchev–Trinajstić information content (AvgIpc) is 3.13. The van der Waals surface area contributed by atoms with Gasteiger partial charge in [0.25, 0.3) is 0 Å². The minimum absolute atomic E-state index is 0.412. The zero-order chi connectivity index (χ0) is 13.1. The molecule has 2 rings (SSSR count). The Hall–Kier alpha value is -0.0800. The smallest absolute Gasteiger partial charge is 0.00201 e. The van der Waals surface area contributed by atoms with Gasteiger partial charge in [-0.15, -0.1) is 0 Å². The van der Waals surface area contributed by atoms with Crippen molar-refractivity contribution in [3.05, 3.63) is 0 Å². The van der Waals surface area contributed by atoms with Crippen LogP contribution in [0.3, 0.4) is 0 Å². The quantitative estimate of drug-likeness (QED) is 0.729. The van der Waals surface area contributed by atoms with Crippen LogP contribution in [0, 0.1) is 16.7 Å². The van der Waals surface area contributed by atoms with E-state index < -0.39 is 0 Å². The van der Waals surface area contributed by atoms with Crippen LogP contribution in [-0.2, 0) is 0 Å². The Bertz CT molecular complexity index is 250. The average molecular weight is 252 g/mol. The number of hydrogen-bond donors (Lipinski definition) is 2. The van der Waals surface area contributed by atoms with Crippen molar-refractivity contribution < 1.29 is 0 Å². The summed E-state index contributed by atoms with van der Waals surface area (Å²) < 4.78 is 0. The van der Waals surface area contributed by atoms with Crippen molar-refractivity contribution in [1.82, 2.24) is 5.32 Å². The van der Waals surface area contributed by atoms with Crippen LogP contribution in [-0.4, -0.2) is 19.6 Å². The lowest BCUT2D eigenvalue weighted by Crippen LogP contribution is -2.44. The van der Waals surface area contributed by atoms with E-state index in [4.69, 9.17) is 5.73 Å². The van der Waals surface area contributed by atoms with Crippen LogP contribution in [0.25, 0.3) is 0 Å². The van der Waals surface area contributed by atoms with Crippen molar-refractivity contribution in [3.8, 4) is 0 Å². The molecule has 106 valence electrons. The summed E-state index contributed by atoms with van der Waals surface area (Å²) in [7, 11) is 0. The maximum absolute atomic E-state index is 6.07. The van der Waals surface area contributed by atoms with Crippen molar-refractivity contribution in [2.45, 2.75) is 65.2 Å². The van der Waals surface area contributed by atoms with E-state index in [0.29, 0.717) is 10.8 Å². The second-order valence-corrected chi connectivity index (χ2v) is 7.24. The van der Waals surface area contributed by atoms with E-state index in [2.05, 4.69) is 19.2 Å². The maximum atomic E-state index is 6.07. The number of nitrogens with two attached hydrogens (primary N) is 1. The van der Waals surface area contributed by atoms with Gasteiger partial charge < -0.3 is 11.1 Å². The lowest BCUT2D eigenvalue weighted by molar-refractivity contribution is 0.156. The number of hydrogen-bond acceptors (Lipinski definition) is 2. The normalized spacial score (nSPS) is 34.5. The third-order valence-electron chi connectivity index (χ3n) is 5.51. The lowest BCUT2D eigenvalue weighted by Gasteiger charge is -2.39. The molecule has 2 heteroatoms. The van der Waals surface area contributed by atoms with Gasteiger partial charge in [0, 0.05) is 13.1 Å². The molecule has 2 saturated carbocycles. The van der Waals surface area contributed by atoms with Crippen LogP contribution in [0.1, 0.15) is 65.2 Å². The highest BCUT2D eigenvalue weighted by Crippen LogP contribution is 2.49. The fourth-order valence-corrected chi connectivity index (χ4v) is 3.64. The van der Waals surface area contributed by atoms with Gasteiger partial charge in [-0.25, -0.2) is 0 Å². The van der Waals surface area contributed by atoms with Crippen molar-refractivity contribution in [3.63, 3.8) is 0 Å². The van der Waals surface area contributed by atoms with Crippen LogP contribution in [0.5, 0.6) is 0 Å². The molecule has 0 aliphatic heterocycles. The summed E-state index contributed by atoms with van der Waals surface area (Å²) in [5.41, 5.74) is 7.15. The monoisotopic (exact) mass is 252 g/mol. The first-order chi connectivity index (χ1) is 8.64. The Morgan fingerprint density at radius 3 is 2.17 bits per heavy atom. The first kappa shape index (κ1) is 14.3. The van der Waals surface area contributed by atoms with Crippen LogP contribution in [0.2, 0.25) is 0 Å². The van der Waals surface area contributed by atoms with Crippen LogP contribution < -0.4 is 11.1 Å². The van der Waals surface area contributed by atoms with Crippen molar-refractivity contribution >= 4 is 0 Å². The van der Waals surface area contributed by atoms with Gasteiger partial charge in [-0.05, 0) is 55.4 Å². The molecule has 0 aromatic rings. The summed E-state index contributed by atoms with van der Waals surface area (Å²) in [4.78, 5) is 0. The van der Waals surface area contributed by atoms with Gasteiger partial charge in [0.2, 0.25) is 0 Å². The highest BCUT2D eigenvalue weighted by molar-refractivity contribution is 4.95. The molecule has 0 aromatic carbocycles. The number of nitrogens with one attached hydrogen (secondary N) is 1. The van der Waals surface area contributed by atoms with Crippen LogP contribution in [0.15, 0.2) is 0 Å². The minimum atomic E-state index is 0.412. The van der Waals surface area contributed by atoms with Crippen LogP contribution >= 0.6 is 0 Å². The zero-order valence-corrected chi connectivity index (χ0v) is 12.4. The second-order valence-electron chi connectivity index (χ2n) is 7.24. The first-order valence-corrected chi connectivity index (χ1v) is 8.04. The molecule has 2 aliphatic rings. The van der Waals surface area contributed by atoms with Crippen molar-refractivity contribution in [1.29, 1.82) is 0 Å². The van der Waals surface area contributed by atoms with Crippen molar-refractivity contribution in [2.24, 2.45) is 22.5 Å². The minimum Gasteiger partial charge on any atom is -0.330 e. The molecule has 3 N–H and O–H groups in total. The SMILES string of the molecule is CCCC1(CNCC2(CN)CCC(C)CC2)CC1. The van der Waals surface area contributed by atoms with Gasteiger partial charge in [0.05, 0.1) is 0 Å². The molecule has 0 radical (unpaired) electrons. The zero-order valence-electron chi connectivity index (χ0n) is 12.4. The van der Waals surface area contributed by atoms with E-state index in [1.54, 1.807) is 0 Å². The molecule has 0 unspecified atom stereocenters. The Labute approximate surface area is 113 Å². The van der Waals surface area contributed by atoms with Gasteiger partial charge in [-0.2, -0.15) is 0 Å². The predicted molar refractivity (Wildman–Crippen MR) is 78.6 cm³/mol. The fraction of sp³-hybridized carbons (Fsp3) is 1.00. The Morgan fingerprint density at radius 2 is 1.67 bits per heavy atom. The van der Waals surface area contributed by atoms with E-state index in [-0.39, 0.29) is 0 Å².